The summed E-state index contributed by atoms with van der Waals surface area (Å²) in [6.07, 6.45) is 2.67. The smallest absolute Gasteiger partial charge is 0.338 e. The van der Waals surface area contributed by atoms with Gasteiger partial charge in [-0.05, 0) is 94.1 Å². The third kappa shape index (κ3) is 7.19. The zero-order valence-electron chi connectivity index (χ0n) is 28.3. The predicted molar refractivity (Wildman–Crippen MR) is 182 cm³/mol. The van der Waals surface area contributed by atoms with Gasteiger partial charge in [0.05, 0.1) is 31.0 Å². The van der Waals surface area contributed by atoms with Crippen LogP contribution in [0, 0.1) is 25.5 Å². The minimum Gasteiger partial charge on any atom is -0.466 e. The van der Waals surface area contributed by atoms with Crippen molar-refractivity contribution in [1.82, 2.24) is 15.1 Å². The van der Waals surface area contributed by atoms with Gasteiger partial charge in [0.25, 0.3) is 0 Å². The number of rotatable bonds is 10. The van der Waals surface area contributed by atoms with Crippen molar-refractivity contribution in [2.45, 2.75) is 51.5 Å². The summed E-state index contributed by atoms with van der Waals surface area (Å²) in [5.74, 6) is -2.60. The Morgan fingerprint density at radius 2 is 1.67 bits per heavy atom. The number of likely N-dealkylation sites (tertiary alicyclic amines) is 1. The fourth-order valence-electron chi connectivity index (χ4n) is 7.07. The highest BCUT2D eigenvalue weighted by atomic mass is 19.2. The predicted octanol–water partition coefficient (Wildman–Crippen LogP) is 6.61. The van der Waals surface area contributed by atoms with Crippen LogP contribution in [0.1, 0.15) is 60.0 Å². The van der Waals surface area contributed by atoms with E-state index in [9.17, 15) is 18.4 Å². The molecule has 1 saturated heterocycles. The van der Waals surface area contributed by atoms with Crippen molar-refractivity contribution in [3.8, 4) is 0 Å². The minimum atomic E-state index is -1.10. The number of amides is 2. The summed E-state index contributed by atoms with van der Waals surface area (Å²) in [5, 5.41) is 2.96. The van der Waals surface area contributed by atoms with Crippen LogP contribution >= 0.6 is 0 Å². The molecule has 48 heavy (non-hydrogen) atoms. The largest absolute Gasteiger partial charge is 0.466 e. The van der Waals surface area contributed by atoms with Gasteiger partial charge < -0.3 is 19.7 Å². The summed E-state index contributed by atoms with van der Waals surface area (Å²) in [6, 6.07) is 19.3. The molecule has 1 atom stereocenters. The van der Waals surface area contributed by atoms with Gasteiger partial charge in [0.1, 0.15) is 5.84 Å². The van der Waals surface area contributed by atoms with Gasteiger partial charge in [0.15, 0.2) is 11.6 Å². The van der Waals surface area contributed by atoms with Crippen LogP contribution in [0.2, 0.25) is 0 Å². The van der Waals surface area contributed by atoms with Crippen molar-refractivity contribution in [2.24, 2.45) is 4.99 Å². The lowest BCUT2D eigenvalue weighted by Crippen LogP contribution is -2.49. The molecule has 2 amide bonds. The van der Waals surface area contributed by atoms with E-state index >= 15 is 0 Å². The Morgan fingerprint density at radius 1 is 0.958 bits per heavy atom. The van der Waals surface area contributed by atoms with E-state index in [-0.39, 0.29) is 34.7 Å². The summed E-state index contributed by atoms with van der Waals surface area (Å²) in [7, 11) is 2.66. The number of urea groups is 1. The van der Waals surface area contributed by atoms with Crippen molar-refractivity contribution < 1.29 is 27.8 Å². The normalized spacial score (nSPS) is 18.0. The molecule has 0 radical (unpaired) electrons. The number of methoxy groups -OCH3 is 2. The Labute approximate surface area is 281 Å². The molecule has 254 valence electrons. The molecule has 3 aromatic rings. The molecule has 1 fully saturated rings. The van der Waals surface area contributed by atoms with Crippen molar-refractivity contribution in [1.29, 1.82) is 0 Å². The van der Waals surface area contributed by atoms with E-state index in [2.05, 4.69) is 77.6 Å². The first-order chi connectivity index (χ1) is 23.1. The summed E-state index contributed by atoms with van der Waals surface area (Å²) in [6.45, 7) is 8.88. The lowest BCUT2D eigenvalue weighted by atomic mass is 9.67. The maximum Gasteiger partial charge on any atom is 0.338 e. The number of aryl methyl sites for hydroxylation is 2. The second-order valence-electron chi connectivity index (χ2n) is 12.6. The molecule has 8 nitrogen and oxygen atoms in total. The SMILES string of the molecule is COCC1=C(C(=O)OC)C(c2ccc(F)c(F)c2)N(C(=O)NCCCN2CCC(c3ccc(C)cc3)(c3ccccc3C)CC2)C(C)=N1. The van der Waals surface area contributed by atoms with Crippen molar-refractivity contribution >= 4 is 17.8 Å². The average Bonchev–Trinajstić information content (AvgIpc) is 3.08. The molecular weight excluding hydrogens is 614 g/mol. The first kappa shape index (κ1) is 34.9. The highest BCUT2D eigenvalue weighted by Crippen LogP contribution is 2.43. The van der Waals surface area contributed by atoms with Crippen LogP contribution < -0.4 is 5.32 Å². The molecule has 10 heteroatoms. The molecule has 0 bridgehead atoms. The fourth-order valence-corrected chi connectivity index (χ4v) is 7.07. The molecule has 2 aliphatic rings. The van der Waals surface area contributed by atoms with Crippen LogP contribution in [0.25, 0.3) is 0 Å². The number of benzene rings is 3. The highest BCUT2D eigenvalue weighted by molar-refractivity contribution is 6.02. The van der Waals surface area contributed by atoms with Crippen LogP contribution in [-0.4, -0.2) is 74.6 Å². The third-order valence-corrected chi connectivity index (χ3v) is 9.55. The summed E-state index contributed by atoms with van der Waals surface area (Å²) in [5.41, 5.74) is 5.67. The number of ether oxygens (including phenoxy) is 2. The van der Waals surface area contributed by atoms with Gasteiger partial charge in [-0.15, -0.1) is 0 Å². The number of piperidine rings is 1. The van der Waals surface area contributed by atoms with Gasteiger partial charge in [0, 0.05) is 19.1 Å². The number of carbonyl (C=O) groups excluding carboxylic acids is 2. The maximum atomic E-state index is 14.4. The molecule has 3 aromatic carbocycles. The molecule has 1 unspecified atom stereocenters. The van der Waals surface area contributed by atoms with E-state index in [1.54, 1.807) is 6.92 Å². The van der Waals surface area contributed by atoms with Crippen LogP contribution in [0.3, 0.4) is 0 Å². The lowest BCUT2D eigenvalue weighted by Gasteiger charge is -2.43. The number of aliphatic imine (C=N–C) groups is 1. The first-order valence-electron chi connectivity index (χ1n) is 16.3. The van der Waals surface area contributed by atoms with Gasteiger partial charge in [0.2, 0.25) is 0 Å². The molecular formula is C38H44F2N4O4. The zero-order valence-corrected chi connectivity index (χ0v) is 28.3. The number of amidine groups is 1. The number of halogens is 2. The standard InChI is InChI=1S/C38H44F2N4O4/c1-25-11-14-29(15-12-25)38(30-10-7-6-9-26(30)2)17-21-43(22-18-38)20-8-19-41-37(46)44-27(3)42-33(24-47-4)34(36(45)48-5)35(44)28-13-16-31(39)32(40)23-28/h6-7,9-16,23,35H,8,17-22,24H2,1-5H3,(H,41,46). The molecule has 1 N–H and O–H groups in total. The Bertz CT molecular complexity index is 1700. The van der Waals surface area contributed by atoms with Gasteiger partial charge >= 0.3 is 12.0 Å². The first-order valence-corrected chi connectivity index (χ1v) is 16.3. The Hall–Kier alpha value is -4.41. The van der Waals surface area contributed by atoms with E-state index in [4.69, 9.17) is 9.47 Å². The molecule has 5 rings (SSSR count). The van der Waals surface area contributed by atoms with E-state index < -0.39 is 29.7 Å². The minimum absolute atomic E-state index is 0.0186. The van der Waals surface area contributed by atoms with E-state index in [1.807, 2.05) is 0 Å². The van der Waals surface area contributed by atoms with Crippen LogP contribution in [0.5, 0.6) is 0 Å². The Balaban J connectivity index is 1.27. The topological polar surface area (TPSA) is 83.5 Å². The van der Waals surface area contributed by atoms with E-state index in [0.29, 0.717) is 13.0 Å². The molecule has 0 aliphatic carbocycles. The second-order valence-corrected chi connectivity index (χ2v) is 12.6. The summed E-state index contributed by atoms with van der Waals surface area (Å²) >= 11 is 0. The third-order valence-electron chi connectivity index (χ3n) is 9.55. The average molecular weight is 659 g/mol. The fraction of sp³-hybridized carbons (Fsp3) is 0.395. The molecule has 0 spiro atoms. The van der Waals surface area contributed by atoms with Crippen LogP contribution in [0.4, 0.5) is 13.6 Å². The van der Waals surface area contributed by atoms with Crippen molar-refractivity contribution in [3.63, 3.8) is 0 Å². The molecule has 2 aliphatic heterocycles. The maximum absolute atomic E-state index is 14.4. The number of esters is 1. The highest BCUT2D eigenvalue weighted by Gasteiger charge is 2.41. The molecule has 2 heterocycles. The van der Waals surface area contributed by atoms with Crippen LogP contribution in [0.15, 0.2) is 83.0 Å². The van der Waals surface area contributed by atoms with E-state index in [0.717, 1.165) is 44.6 Å². The van der Waals surface area contributed by atoms with Gasteiger partial charge in [-0.1, -0.05) is 60.2 Å². The Kier molecular flexibility index (Phi) is 11.1. The zero-order chi connectivity index (χ0) is 34.4. The monoisotopic (exact) mass is 658 g/mol. The van der Waals surface area contributed by atoms with Gasteiger partial charge in [-0.3, -0.25) is 4.90 Å². The molecule has 0 aromatic heterocycles. The number of nitrogens with zero attached hydrogens (tertiary/aromatic N) is 3. The van der Waals surface area contributed by atoms with Crippen molar-refractivity contribution in [2.75, 3.05) is 47.0 Å². The Morgan fingerprint density at radius 3 is 2.31 bits per heavy atom. The number of hydrogen-bond acceptors (Lipinski definition) is 6. The summed E-state index contributed by atoms with van der Waals surface area (Å²) < 4.78 is 38.6. The van der Waals surface area contributed by atoms with Crippen LogP contribution in [-0.2, 0) is 19.7 Å². The van der Waals surface area contributed by atoms with Crippen molar-refractivity contribution in [3.05, 3.63) is 117 Å². The summed E-state index contributed by atoms with van der Waals surface area (Å²) in [4.78, 5) is 34.9. The quantitative estimate of drug-likeness (QED) is 0.196. The number of nitrogens with one attached hydrogen (secondary N) is 1. The lowest BCUT2D eigenvalue weighted by molar-refractivity contribution is -0.136. The van der Waals surface area contributed by atoms with Gasteiger partial charge in [-0.25, -0.2) is 23.4 Å². The second kappa shape index (κ2) is 15.2. The van der Waals surface area contributed by atoms with E-state index in [1.165, 1.54) is 47.4 Å². The van der Waals surface area contributed by atoms with Gasteiger partial charge in [-0.2, -0.15) is 0 Å². The number of hydrogen-bond donors (Lipinski definition) is 1. The molecule has 0 saturated carbocycles. The number of carbonyl (C=O) groups is 2.